The number of hydrogen-bond donors (Lipinski definition) is 1. The Morgan fingerprint density at radius 3 is 2.41 bits per heavy atom. The van der Waals surface area contributed by atoms with Gasteiger partial charge in [-0.25, -0.2) is 0 Å². The summed E-state index contributed by atoms with van der Waals surface area (Å²) in [5.74, 6) is 1.00. The van der Waals surface area contributed by atoms with E-state index in [1.807, 2.05) is 43.3 Å². The highest BCUT2D eigenvalue weighted by Gasteiger charge is 2.14. The molecule has 0 bridgehead atoms. The molecule has 0 saturated carbocycles. The van der Waals surface area contributed by atoms with Crippen molar-refractivity contribution in [1.82, 2.24) is 0 Å². The van der Waals surface area contributed by atoms with Crippen LogP contribution in [0.5, 0.6) is 11.5 Å². The zero-order chi connectivity index (χ0) is 21.0. The first-order chi connectivity index (χ1) is 13.9. The molecule has 0 unspecified atom stereocenters. The topological polar surface area (TPSA) is 30.5 Å². The standard InChI is InChI=1S/C22H19Cl4NO2/c1-13-17(24)4-3-5-20(13)27-11-14-8-19(26)22(21(9-14)28-2)29-12-15-6-7-16(23)10-18(15)25/h3-10,27H,11-12H2,1-2H3. The molecule has 3 aromatic rings. The lowest BCUT2D eigenvalue weighted by Gasteiger charge is -2.16. The Hall–Kier alpha value is -1.78. The number of rotatable bonds is 7. The summed E-state index contributed by atoms with van der Waals surface area (Å²) < 4.78 is 11.4. The number of halogens is 4. The van der Waals surface area contributed by atoms with Crippen LogP contribution in [0.2, 0.25) is 20.1 Å². The highest BCUT2D eigenvalue weighted by Crippen LogP contribution is 2.38. The first kappa shape index (κ1) is 21.9. The van der Waals surface area contributed by atoms with E-state index in [9.17, 15) is 0 Å². The van der Waals surface area contributed by atoms with Gasteiger partial charge < -0.3 is 14.8 Å². The van der Waals surface area contributed by atoms with Gasteiger partial charge in [-0.05, 0) is 54.4 Å². The molecule has 3 nitrogen and oxygen atoms in total. The van der Waals surface area contributed by atoms with Gasteiger partial charge in [0.05, 0.1) is 12.1 Å². The van der Waals surface area contributed by atoms with Crippen LogP contribution in [0, 0.1) is 6.92 Å². The molecule has 7 heteroatoms. The third-order valence-electron chi connectivity index (χ3n) is 4.43. The molecule has 0 amide bonds. The predicted molar refractivity (Wildman–Crippen MR) is 122 cm³/mol. The van der Waals surface area contributed by atoms with Gasteiger partial charge in [0.2, 0.25) is 0 Å². The van der Waals surface area contributed by atoms with Crippen LogP contribution in [0.25, 0.3) is 0 Å². The Morgan fingerprint density at radius 2 is 1.69 bits per heavy atom. The molecule has 0 radical (unpaired) electrons. The summed E-state index contributed by atoms with van der Waals surface area (Å²) in [4.78, 5) is 0. The fourth-order valence-corrected chi connectivity index (χ4v) is 3.73. The predicted octanol–water partition coefficient (Wildman–Crippen LogP) is 7.81. The van der Waals surface area contributed by atoms with E-state index < -0.39 is 0 Å². The minimum atomic E-state index is 0.241. The van der Waals surface area contributed by atoms with Gasteiger partial charge in [0.15, 0.2) is 11.5 Å². The minimum absolute atomic E-state index is 0.241. The van der Waals surface area contributed by atoms with Crippen molar-refractivity contribution in [1.29, 1.82) is 0 Å². The van der Waals surface area contributed by atoms with Gasteiger partial charge in [-0.15, -0.1) is 0 Å². The highest BCUT2D eigenvalue weighted by atomic mass is 35.5. The molecule has 0 fully saturated rings. The normalized spacial score (nSPS) is 10.7. The fourth-order valence-electron chi connectivity index (χ4n) is 2.80. The summed E-state index contributed by atoms with van der Waals surface area (Å²) in [6, 6.07) is 14.7. The van der Waals surface area contributed by atoms with E-state index in [-0.39, 0.29) is 6.61 Å². The molecular formula is C22H19Cl4NO2. The second-order valence-electron chi connectivity index (χ2n) is 6.40. The van der Waals surface area contributed by atoms with Gasteiger partial charge in [-0.3, -0.25) is 0 Å². The van der Waals surface area contributed by atoms with Crippen molar-refractivity contribution in [2.45, 2.75) is 20.1 Å². The van der Waals surface area contributed by atoms with Gasteiger partial charge in [-0.1, -0.05) is 58.5 Å². The van der Waals surface area contributed by atoms with Crippen LogP contribution in [0.15, 0.2) is 48.5 Å². The maximum atomic E-state index is 6.47. The van der Waals surface area contributed by atoms with Crippen molar-refractivity contribution in [2.24, 2.45) is 0 Å². The van der Waals surface area contributed by atoms with E-state index in [0.717, 1.165) is 27.4 Å². The van der Waals surface area contributed by atoms with E-state index in [1.165, 1.54) is 0 Å². The molecular weight excluding hydrogens is 452 g/mol. The van der Waals surface area contributed by atoms with Crippen LogP contribution in [0.1, 0.15) is 16.7 Å². The lowest BCUT2D eigenvalue weighted by molar-refractivity contribution is 0.284. The molecule has 0 saturated heterocycles. The molecule has 0 aliphatic carbocycles. The smallest absolute Gasteiger partial charge is 0.180 e. The molecule has 3 rings (SSSR count). The van der Waals surface area contributed by atoms with Crippen molar-refractivity contribution >= 4 is 52.1 Å². The molecule has 152 valence electrons. The van der Waals surface area contributed by atoms with Crippen LogP contribution < -0.4 is 14.8 Å². The van der Waals surface area contributed by atoms with Crippen molar-refractivity contribution in [2.75, 3.05) is 12.4 Å². The van der Waals surface area contributed by atoms with Gasteiger partial charge in [-0.2, -0.15) is 0 Å². The van der Waals surface area contributed by atoms with E-state index in [4.69, 9.17) is 55.9 Å². The van der Waals surface area contributed by atoms with Crippen LogP contribution >= 0.6 is 46.4 Å². The average Bonchev–Trinajstić information content (AvgIpc) is 2.69. The third-order valence-corrected chi connectivity index (χ3v) is 5.70. The lowest BCUT2D eigenvalue weighted by atomic mass is 10.1. The zero-order valence-electron chi connectivity index (χ0n) is 15.9. The number of ether oxygens (including phenoxy) is 2. The number of anilines is 1. The van der Waals surface area contributed by atoms with Crippen LogP contribution in [-0.2, 0) is 13.2 Å². The number of benzene rings is 3. The molecule has 1 N–H and O–H groups in total. The summed E-state index contributed by atoms with van der Waals surface area (Å²) in [7, 11) is 1.58. The Morgan fingerprint density at radius 1 is 0.897 bits per heavy atom. The lowest BCUT2D eigenvalue weighted by Crippen LogP contribution is -2.04. The van der Waals surface area contributed by atoms with E-state index in [1.54, 1.807) is 19.2 Å². The molecule has 0 aromatic heterocycles. The average molecular weight is 471 g/mol. The maximum absolute atomic E-state index is 6.47. The maximum Gasteiger partial charge on any atom is 0.180 e. The highest BCUT2D eigenvalue weighted by molar-refractivity contribution is 6.35. The molecule has 29 heavy (non-hydrogen) atoms. The van der Waals surface area contributed by atoms with Crippen LogP contribution in [-0.4, -0.2) is 7.11 Å². The molecule has 0 heterocycles. The second-order valence-corrected chi connectivity index (χ2v) is 8.06. The van der Waals surface area contributed by atoms with Crippen molar-refractivity contribution in [3.63, 3.8) is 0 Å². The number of nitrogens with one attached hydrogen (secondary N) is 1. The van der Waals surface area contributed by atoms with E-state index in [0.29, 0.717) is 33.1 Å². The van der Waals surface area contributed by atoms with Crippen molar-refractivity contribution in [3.8, 4) is 11.5 Å². The second kappa shape index (κ2) is 9.82. The summed E-state index contributed by atoms with van der Waals surface area (Å²) in [6.45, 7) is 2.77. The third kappa shape index (κ3) is 5.43. The van der Waals surface area contributed by atoms with E-state index in [2.05, 4.69) is 5.32 Å². The van der Waals surface area contributed by atoms with Crippen LogP contribution in [0.4, 0.5) is 5.69 Å². The SMILES string of the molecule is COc1cc(CNc2cccc(Cl)c2C)cc(Cl)c1OCc1ccc(Cl)cc1Cl. The molecule has 0 aliphatic heterocycles. The summed E-state index contributed by atoms with van der Waals surface area (Å²) in [5, 5.41) is 5.64. The Labute approximate surface area is 190 Å². The Kier molecular flexibility index (Phi) is 7.42. The van der Waals surface area contributed by atoms with Gasteiger partial charge >= 0.3 is 0 Å². The zero-order valence-corrected chi connectivity index (χ0v) is 18.9. The summed E-state index contributed by atoms with van der Waals surface area (Å²) in [6.07, 6.45) is 0. The van der Waals surface area contributed by atoms with E-state index >= 15 is 0 Å². The quantitative estimate of drug-likeness (QED) is 0.381. The van der Waals surface area contributed by atoms with Crippen molar-refractivity contribution < 1.29 is 9.47 Å². The van der Waals surface area contributed by atoms with Gasteiger partial charge in [0.1, 0.15) is 6.61 Å². The van der Waals surface area contributed by atoms with Gasteiger partial charge in [0, 0.05) is 32.9 Å². The monoisotopic (exact) mass is 469 g/mol. The molecule has 0 aliphatic rings. The Balaban J connectivity index is 1.75. The molecule has 0 atom stereocenters. The summed E-state index contributed by atoms with van der Waals surface area (Å²) in [5.41, 5.74) is 3.71. The number of methoxy groups -OCH3 is 1. The first-order valence-electron chi connectivity index (χ1n) is 8.81. The first-order valence-corrected chi connectivity index (χ1v) is 10.3. The summed E-state index contributed by atoms with van der Waals surface area (Å²) >= 11 is 24.8. The fraction of sp³-hybridized carbons (Fsp3) is 0.182. The number of hydrogen-bond acceptors (Lipinski definition) is 3. The minimum Gasteiger partial charge on any atom is -0.493 e. The molecule has 3 aromatic carbocycles. The van der Waals surface area contributed by atoms with Crippen LogP contribution in [0.3, 0.4) is 0 Å². The molecule has 0 spiro atoms. The van der Waals surface area contributed by atoms with Gasteiger partial charge in [0.25, 0.3) is 0 Å². The van der Waals surface area contributed by atoms with Crippen molar-refractivity contribution in [3.05, 3.63) is 85.3 Å². The Bertz CT molecular complexity index is 1020. The largest absolute Gasteiger partial charge is 0.493 e.